The van der Waals surface area contributed by atoms with Crippen LogP contribution in [0.5, 0.6) is 0 Å². The molecule has 0 radical (unpaired) electrons. The molecule has 0 amide bonds. The second-order valence-electron chi connectivity index (χ2n) is 6.73. The van der Waals surface area contributed by atoms with E-state index in [1.54, 1.807) is 18.7 Å². The van der Waals surface area contributed by atoms with E-state index in [0.29, 0.717) is 6.42 Å². The van der Waals surface area contributed by atoms with Crippen molar-refractivity contribution in [1.82, 2.24) is 24.7 Å². The van der Waals surface area contributed by atoms with Crippen molar-refractivity contribution >= 4 is 23.1 Å². The van der Waals surface area contributed by atoms with E-state index in [1.807, 2.05) is 23.9 Å². The molecule has 0 bridgehead atoms. The summed E-state index contributed by atoms with van der Waals surface area (Å²) in [6.07, 6.45) is 10.6. The van der Waals surface area contributed by atoms with Crippen molar-refractivity contribution < 1.29 is 0 Å². The molecular weight excluding hydrogens is 348 g/mol. The first-order valence-corrected chi connectivity index (χ1v) is 9.12. The molecule has 1 N–H and O–H groups in total. The summed E-state index contributed by atoms with van der Waals surface area (Å²) >= 11 is 0. The van der Waals surface area contributed by atoms with E-state index in [0.717, 1.165) is 45.5 Å². The number of aromatic amines is 1. The molecule has 6 nitrogen and oxygen atoms in total. The Hall–Kier alpha value is -3.72. The summed E-state index contributed by atoms with van der Waals surface area (Å²) in [4.78, 5) is 12.1. The number of hydrogen-bond donors (Lipinski definition) is 1. The first-order chi connectivity index (χ1) is 13.7. The molecule has 28 heavy (non-hydrogen) atoms. The molecule has 3 heterocycles. The zero-order valence-corrected chi connectivity index (χ0v) is 15.8. The van der Waals surface area contributed by atoms with Crippen molar-refractivity contribution in [2.45, 2.75) is 19.8 Å². The Bertz CT molecular complexity index is 1190. The van der Waals surface area contributed by atoms with E-state index in [2.05, 4.69) is 52.3 Å². The van der Waals surface area contributed by atoms with Gasteiger partial charge in [0.05, 0.1) is 41.2 Å². The molecule has 1 aromatic carbocycles. The number of aromatic nitrogens is 5. The molecule has 0 aliphatic carbocycles. The number of rotatable bonds is 5. The number of benzene rings is 1. The molecule has 0 spiro atoms. The highest BCUT2D eigenvalue weighted by Crippen LogP contribution is 2.28. The Balaban J connectivity index is 1.88. The maximum absolute atomic E-state index is 8.95. The number of hydrogen-bond acceptors (Lipinski definition) is 4. The minimum absolute atomic E-state index is 0.506. The minimum atomic E-state index is 0.506. The van der Waals surface area contributed by atoms with E-state index in [9.17, 15) is 0 Å². The lowest BCUT2D eigenvalue weighted by molar-refractivity contribution is 0.760. The summed E-state index contributed by atoms with van der Waals surface area (Å²) < 4.78 is 1.83. The zero-order chi connectivity index (χ0) is 19.5. The van der Waals surface area contributed by atoms with Crippen LogP contribution in [0.4, 0.5) is 0 Å². The first kappa shape index (κ1) is 17.7. The largest absolute Gasteiger partial charge is 0.343 e. The predicted octanol–water partition coefficient (Wildman–Crippen LogP) is 4.29. The average molecular weight is 368 g/mol. The molecular formula is C22H20N6. The van der Waals surface area contributed by atoms with Gasteiger partial charge in [-0.25, -0.2) is 9.97 Å². The SMILES string of the molecule is Cc1cc2nc(-c3cnc[nH]3)cc(/C=C/c3ccnn3C)c2cc1CCC#N. The Morgan fingerprint density at radius 2 is 2.14 bits per heavy atom. The molecule has 0 unspecified atom stereocenters. The normalized spacial score (nSPS) is 11.3. The van der Waals surface area contributed by atoms with E-state index in [4.69, 9.17) is 10.2 Å². The average Bonchev–Trinajstić information content (AvgIpc) is 3.36. The zero-order valence-electron chi connectivity index (χ0n) is 15.8. The van der Waals surface area contributed by atoms with Crippen molar-refractivity contribution in [2.24, 2.45) is 7.05 Å². The van der Waals surface area contributed by atoms with Crippen LogP contribution in [-0.4, -0.2) is 24.7 Å². The van der Waals surface area contributed by atoms with Crippen LogP contribution >= 0.6 is 0 Å². The van der Waals surface area contributed by atoms with Crippen LogP contribution in [0.2, 0.25) is 0 Å². The highest BCUT2D eigenvalue weighted by atomic mass is 15.2. The van der Waals surface area contributed by atoms with Gasteiger partial charge in [0.1, 0.15) is 0 Å². The lowest BCUT2D eigenvalue weighted by Gasteiger charge is -2.11. The fraction of sp³-hybridized carbons (Fsp3) is 0.182. The standard InChI is InChI=1S/C22H20N6/c1-15-10-20-19(11-16(15)4-3-8-23)17(5-6-18-7-9-26-28(18)2)12-21(27-20)22-13-24-14-25-22/h5-7,9-14H,3-4H2,1-2H3,(H,24,25)/b6-5+. The van der Waals surface area contributed by atoms with Gasteiger partial charge in [-0.1, -0.05) is 6.08 Å². The van der Waals surface area contributed by atoms with Gasteiger partial charge in [0, 0.05) is 25.1 Å². The van der Waals surface area contributed by atoms with E-state index >= 15 is 0 Å². The molecule has 138 valence electrons. The Labute approximate surface area is 163 Å². The summed E-state index contributed by atoms with van der Waals surface area (Å²) in [7, 11) is 1.92. The number of imidazole rings is 1. The topological polar surface area (TPSA) is 83.2 Å². The number of nitriles is 1. The Kier molecular flexibility index (Phi) is 4.73. The molecule has 0 saturated heterocycles. The second kappa shape index (κ2) is 7.49. The van der Waals surface area contributed by atoms with Crippen molar-refractivity contribution in [3.63, 3.8) is 0 Å². The first-order valence-electron chi connectivity index (χ1n) is 9.12. The highest BCUT2D eigenvalue weighted by molar-refractivity contribution is 5.93. The molecule has 0 aliphatic heterocycles. The summed E-state index contributed by atoms with van der Waals surface area (Å²) in [5, 5.41) is 14.2. The summed E-state index contributed by atoms with van der Waals surface area (Å²) in [6, 6.07) is 10.5. The molecule has 6 heteroatoms. The van der Waals surface area contributed by atoms with Crippen molar-refractivity contribution in [3.05, 3.63) is 65.4 Å². The summed E-state index contributed by atoms with van der Waals surface area (Å²) in [5.74, 6) is 0. The third-order valence-corrected chi connectivity index (χ3v) is 4.87. The number of H-pyrrole nitrogens is 1. The van der Waals surface area contributed by atoms with Gasteiger partial charge in [0.25, 0.3) is 0 Å². The van der Waals surface area contributed by atoms with Gasteiger partial charge in [0.15, 0.2) is 0 Å². The Morgan fingerprint density at radius 1 is 1.25 bits per heavy atom. The fourth-order valence-electron chi connectivity index (χ4n) is 3.30. The maximum atomic E-state index is 8.95. The molecule has 3 aromatic heterocycles. The molecule has 4 aromatic rings. The van der Waals surface area contributed by atoms with E-state index in [1.165, 1.54) is 5.56 Å². The Morgan fingerprint density at radius 3 is 2.86 bits per heavy atom. The van der Waals surface area contributed by atoms with Gasteiger partial charge in [-0.3, -0.25) is 4.68 Å². The van der Waals surface area contributed by atoms with Gasteiger partial charge >= 0.3 is 0 Å². The molecule has 0 atom stereocenters. The van der Waals surface area contributed by atoms with Gasteiger partial charge < -0.3 is 4.98 Å². The smallest absolute Gasteiger partial charge is 0.0924 e. The van der Waals surface area contributed by atoms with Gasteiger partial charge in [-0.05, 0) is 60.4 Å². The number of pyridine rings is 1. The van der Waals surface area contributed by atoms with Crippen molar-refractivity contribution in [1.29, 1.82) is 5.26 Å². The maximum Gasteiger partial charge on any atom is 0.0924 e. The lowest BCUT2D eigenvalue weighted by atomic mass is 9.97. The fourth-order valence-corrected chi connectivity index (χ4v) is 3.30. The molecule has 0 aliphatic rings. The molecule has 0 saturated carbocycles. The van der Waals surface area contributed by atoms with Crippen LogP contribution < -0.4 is 0 Å². The van der Waals surface area contributed by atoms with Crippen LogP contribution in [0.3, 0.4) is 0 Å². The van der Waals surface area contributed by atoms with Crippen LogP contribution in [0.25, 0.3) is 34.4 Å². The van der Waals surface area contributed by atoms with Gasteiger partial charge in [-0.2, -0.15) is 10.4 Å². The number of aryl methyl sites for hydroxylation is 3. The number of nitrogens with one attached hydrogen (secondary N) is 1. The number of fused-ring (bicyclic) bond motifs is 1. The van der Waals surface area contributed by atoms with E-state index in [-0.39, 0.29) is 0 Å². The third kappa shape index (κ3) is 3.42. The molecule has 4 rings (SSSR count). The highest BCUT2D eigenvalue weighted by Gasteiger charge is 2.10. The predicted molar refractivity (Wildman–Crippen MR) is 110 cm³/mol. The number of nitrogens with zero attached hydrogens (tertiary/aromatic N) is 5. The monoisotopic (exact) mass is 368 g/mol. The van der Waals surface area contributed by atoms with Crippen LogP contribution in [-0.2, 0) is 13.5 Å². The third-order valence-electron chi connectivity index (χ3n) is 4.87. The summed E-state index contributed by atoms with van der Waals surface area (Å²) in [6.45, 7) is 2.07. The van der Waals surface area contributed by atoms with Crippen LogP contribution in [0.15, 0.2) is 43.0 Å². The lowest BCUT2D eigenvalue weighted by Crippen LogP contribution is -1.95. The quantitative estimate of drug-likeness (QED) is 0.569. The van der Waals surface area contributed by atoms with Crippen LogP contribution in [0.1, 0.15) is 28.8 Å². The van der Waals surface area contributed by atoms with Gasteiger partial charge in [0.2, 0.25) is 0 Å². The summed E-state index contributed by atoms with van der Waals surface area (Å²) in [5.41, 5.74) is 7.06. The van der Waals surface area contributed by atoms with Crippen LogP contribution in [0, 0.1) is 18.3 Å². The second-order valence-corrected chi connectivity index (χ2v) is 6.73. The molecule has 0 fully saturated rings. The minimum Gasteiger partial charge on any atom is -0.343 e. The van der Waals surface area contributed by atoms with E-state index < -0.39 is 0 Å². The van der Waals surface area contributed by atoms with Crippen molar-refractivity contribution in [2.75, 3.05) is 0 Å². The van der Waals surface area contributed by atoms with Gasteiger partial charge in [-0.15, -0.1) is 0 Å². The van der Waals surface area contributed by atoms with Crippen molar-refractivity contribution in [3.8, 4) is 17.5 Å².